The van der Waals surface area contributed by atoms with Crippen molar-refractivity contribution in [2.24, 2.45) is 4.99 Å². The van der Waals surface area contributed by atoms with Gasteiger partial charge < -0.3 is 10.6 Å². The molecule has 1 heterocycles. The first-order valence-corrected chi connectivity index (χ1v) is 8.88. The minimum absolute atomic E-state index is 0.693. The Kier molecular flexibility index (Phi) is 6.69. The van der Waals surface area contributed by atoms with E-state index in [0.717, 1.165) is 28.6 Å². The number of benzene rings is 1. The minimum atomic E-state index is 0.693. The Labute approximate surface area is 151 Å². The average Bonchev–Trinajstić information content (AvgIpc) is 2.83. The molecule has 0 aliphatic heterocycles. The van der Waals surface area contributed by atoms with Crippen molar-refractivity contribution in [1.82, 2.24) is 15.6 Å². The number of aliphatic imine (C=N–C) groups is 1. The first kappa shape index (κ1) is 18.0. The fraction of sp³-hybridized carbons (Fsp3) is 0.375. The van der Waals surface area contributed by atoms with Crippen molar-refractivity contribution in [3.05, 3.63) is 49.4 Å². The quantitative estimate of drug-likeness (QED) is 0.618. The molecular formula is C16H20Cl2N4S. The van der Waals surface area contributed by atoms with E-state index in [1.807, 2.05) is 32.0 Å². The maximum atomic E-state index is 6.18. The van der Waals surface area contributed by atoms with Crippen LogP contribution in [0.1, 0.15) is 21.1 Å². The van der Waals surface area contributed by atoms with E-state index >= 15 is 0 Å². The summed E-state index contributed by atoms with van der Waals surface area (Å²) in [7, 11) is 1.75. The fourth-order valence-electron chi connectivity index (χ4n) is 2.20. The Bertz CT molecular complexity index is 677. The lowest BCUT2D eigenvalue weighted by Gasteiger charge is -2.12. The monoisotopic (exact) mass is 370 g/mol. The SMILES string of the molecule is CN=C(NCCc1c(Cl)cccc1Cl)NCc1sc(C)nc1C. The van der Waals surface area contributed by atoms with Crippen molar-refractivity contribution in [3.63, 3.8) is 0 Å². The van der Waals surface area contributed by atoms with Crippen molar-refractivity contribution in [2.45, 2.75) is 26.8 Å². The molecule has 4 nitrogen and oxygen atoms in total. The second-order valence-corrected chi connectivity index (χ2v) is 7.15. The normalized spacial score (nSPS) is 11.6. The molecule has 0 atom stereocenters. The van der Waals surface area contributed by atoms with Crippen LogP contribution in [-0.2, 0) is 13.0 Å². The highest BCUT2D eigenvalue weighted by Gasteiger charge is 2.07. The standard InChI is InChI=1S/C16H20Cl2N4S/c1-10-15(23-11(2)22-10)9-21-16(19-3)20-8-7-12-13(17)5-4-6-14(12)18/h4-6H,7-9H2,1-3H3,(H2,19,20,21). The van der Waals surface area contributed by atoms with Gasteiger partial charge in [-0.3, -0.25) is 4.99 Å². The number of halogens is 2. The van der Waals surface area contributed by atoms with E-state index in [2.05, 4.69) is 20.6 Å². The molecule has 124 valence electrons. The molecule has 23 heavy (non-hydrogen) atoms. The van der Waals surface area contributed by atoms with Crippen LogP contribution in [0.15, 0.2) is 23.2 Å². The van der Waals surface area contributed by atoms with Crippen LogP contribution in [0, 0.1) is 13.8 Å². The molecule has 0 saturated heterocycles. The lowest BCUT2D eigenvalue weighted by Crippen LogP contribution is -2.37. The minimum Gasteiger partial charge on any atom is -0.356 e. The van der Waals surface area contributed by atoms with Crippen molar-refractivity contribution in [3.8, 4) is 0 Å². The molecule has 0 amide bonds. The van der Waals surface area contributed by atoms with Crippen LogP contribution in [0.2, 0.25) is 10.0 Å². The fourth-order valence-corrected chi connectivity index (χ4v) is 3.66. The van der Waals surface area contributed by atoms with Gasteiger partial charge in [0.05, 0.1) is 17.2 Å². The number of nitrogens with one attached hydrogen (secondary N) is 2. The van der Waals surface area contributed by atoms with E-state index in [1.165, 1.54) is 4.88 Å². The van der Waals surface area contributed by atoms with Crippen LogP contribution >= 0.6 is 34.5 Å². The van der Waals surface area contributed by atoms with Gasteiger partial charge in [-0.05, 0) is 38.0 Å². The molecule has 0 fully saturated rings. The number of guanidine groups is 1. The van der Waals surface area contributed by atoms with E-state index in [9.17, 15) is 0 Å². The molecule has 0 radical (unpaired) electrons. The summed E-state index contributed by atoms with van der Waals surface area (Å²) in [4.78, 5) is 9.88. The molecule has 1 aromatic heterocycles. The molecule has 7 heteroatoms. The molecule has 0 aliphatic carbocycles. The van der Waals surface area contributed by atoms with E-state index < -0.39 is 0 Å². The van der Waals surface area contributed by atoms with Crippen LogP contribution in [0.4, 0.5) is 0 Å². The van der Waals surface area contributed by atoms with Crippen LogP contribution in [0.25, 0.3) is 0 Å². The zero-order chi connectivity index (χ0) is 16.8. The Hall–Kier alpha value is -1.30. The summed E-state index contributed by atoms with van der Waals surface area (Å²) in [6, 6.07) is 5.55. The van der Waals surface area contributed by atoms with Crippen LogP contribution in [0.3, 0.4) is 0 Å². The number of hydrogen-bond acceptors (Lipinski definition) is 3. The zero-order valence-electron chi connectivity index (χ0n) is 13.4. The second kappa shape index (κ2) is 8.52. The Morgan fingerprint density at radius 1 is 1.22 bits per heavy atom. The van der Waals surface area contributed by atoms with E-state index in [1.54, 1.807) is 18.4 Å². The highest BCUT2D eigenvalue weighted by atomic mass is 35.5. The molecule has 0 spiro atoms. The highest BCUT2D eigenvalue weighted by Crippen LogP contribution is 2.24. The summed E-state index contributed by atoms with van der Waals surface area (Å²) in [5.41, 5.74) is 2.02. The average molecular weight is 371 g/mol. The molecule has 2 aromatic rings. The van der Waals surface area contributed by atoms with Gasteiger partial charge in [0.25, 0.3) is 0 Å². The Morgan fingerprint density at radius 3 is 2.48 bits per heavy atom. The predicted molar refractivity (Wildman–Crippen MR) is 100.0 cm³/mol. The summed E-state index contributed by atoms with van der Waals surface area (Å²) in [5.74, 6) is 0.749. The molecule has 0 aliphatic rings. The largest absolute Gasteiger partial charge is 0.356 e. The number of nitrogens with zero attached hydrogens (tertiary/aromatic N) is 2. The van der Waals surface area contributed by atoms with Gasteiger partial charge >= 0.3 is 0 Å². The maximum Gasteiger partial charge on any atom is 0.191 e. The van der Waals surface area contributed by atoms with Crippen molar-refractivity contribution < 1.29 is 0 Å². The molecule has 1 aromatic carbocycles. The van der Waals surface area contributed by atoms with Crippen molar-refractivity contribution in [1.29, 1.82) is 0 Å². The van der Waals surface area contributed by atoms with Crippen LogP contribution in [-0.4, -0.2) is 24.5 Å². The van der Waals surface area contributed by atoms with Crippen LogP contribution in [0.5, 0.6) is 0 Å². The summed E-state index contributed by atoms with van der Waals surface area (Å²) in [6.07, 6.45) is 0.734. The molecule has 0 saturated carbocycles. The highest BCUT2D eigenvalue weighted by molar-refractivity contribution is 7.11. The number of rotatable bonds is 5. The third-order valence-electron chi connectivity index (χ3n) is 3.37. The summed E-state index contributed by atoms with van der Waals surface area (Å²) in [6.45, 7) is 5.45. The first-order valence-electron chi connectivity index (χ1n) is 7.31. The van der Waals surface area contributed by atoms with E-state index in [0.29, 0.717) is 23.1 Å². The van der Waals surface area contributed by atoms with Gasteiger partial charge in [-0.25, -0.2) is 4.98 Å². The smallest absolute Gasteiger partial charge is 0.191 e. The van der Waals surface area contributed by atoms with Gasteiger partial charge in [0, 0.05) is 28.5 Å². The maximum absolute atomic E-state index is 6.18. The Morgan fingerprint density at radius 2 is 1.91 bits per heavy atom. The topological polar surface area (TPSA) is 49.3 Å². The molecule has 2 N–H and O–H groups in total. The molecule has 0 bridgehead atoms. The Balaban J connectivity index is 1.85. The number of aromatic nitrogens is 1. The van der Waals surface area contributed by atoms with E-state index in [4.69, 9.17) is 23.2 Å². The summed E-state index contributed by atoms with van der Waals surface area (Å²) in [5, 5.41) is 9.04. The zero-order valence-corrected chi connectivity index (χ0v) is 15.7. The lowest BCUT2D eigenvalue weighted by molar-refractivity contribution is 0.796. The van der Waals surface area contributed by atoms with Gasteiger partial charge in [0.1, 0.15) is 0 Å². The van der Waals surface area contributed by atoms with Crippen molar-refractivity contribution >= 4 is 40.5 Å². The van der Waals surface area contributed by atoms with Gasteiger partial charge in [0.15, 0.2) is 5.96 Å². The van der Waals surface area contributed by atoms with Crippen molar-refractivity contribution in [2.75, 3.05) is 13.6 Å². The number of thiazole rings is 1. The first-order chi connectivity index (χ1) is 11.0. The third-order valence-corrected chi connectivity index (χ3v) is 5.15. The number of hydrogen-bond donors (Lipinski definition) is 2. The summed E-state index contributed by atoms with van der Waals surface area (Å²) < 4.78 is 0. The van der Waals surface area contributed by atoms with Gasteiger partial charge in [-0.15, -0.1) is 11.3 Å². The number of aryl methyl sites for hydroxylation is 2. The van der Waals surface area contributed by atoms with E-state index in [-0.39, 0.29) is 0 Å². The predicted octanol–water partition coefficient (Wildman–Crippen LogP) is 3.97. The van der Waals surface area contributed by atoms with Gasteiger partial charge in [-0.1, -0.05) is 29.3 Å². The third kappa shape index (κ3) is 5.09. The lowest BCUT2D eigenvalue weighted by atomic mass is 10.1. The van der Waals surface area contributed by atoms with Crippen LogP contribution < -0.4 is 10.6 Å². The molecule has 2 rings (SSSR count). The van der Waals surface area contributed by atoms with Gasteiger partial charge in [0.2, 0.25) is 0 Å². The molecule has 0 unspecified atom stereocenters. The molecular weight excluding hydrogens is 351 g/mol. The van der Waals surface area contributed by atoms with Gasteiger partial charge in [-0.2, -0.15) is 0 Å². The summed E-state index contributed by atoms with van der Waals surface area (Å²) >= 11 is 14.1. The second-order valence-electron chi connectivity index (χ2n) is 5.04.